The highest BCUT2D eigenvalue weighted by Gasteiger charge is 2.36. The van der Waals surface area contributed by atoms with Crippen LogP contribution in [0.5, 0.6) is 0 Å². The van der Waals surface area contributed by atoms with Gasteiger partial charge in [0.05, 0.1) is 11.0 Å². The van der Waals surface area contributed by atoms with Crippen LogP contribution in [-0.4, -0.2) is 22.6 Å². The van der Waals surface area contributed by atoms with Crippen LogP contribution in [0.15, 0.2) is 54.6 Å². The molecular weight excluding hydrogens is 324 g/mol. The molecule has 0 unspecified atom stereocenters. The zero-order chi connectivity index (χ0) is 17.8. The molecule has 1 amide bonds. The second-order valence-corrected chi connectivity index (χ2v) is 5.42. The molecule has 1 aliphatic heterocycles. The Balaban J connectivity index is 1.85. The number of rotatable bonds is 5. The van der Waals surface area contributed by atoms with E-state index in [-0.39, 0.29) is 18.3 Å². The van der Waals surface area contributed by atoms with E-state index in [2.05, 4.69) is 5.43 Å². The lowest BCUT2D eigenvalue weighted by Crippen LogP contribution is -2.42. The number of nitro benzene ring substituents is 1. The van der Waals surface area contributed by atoms with Crippen molar-refractivity contribution in [2.24, 2.45) is 0 Å². The third kappa shape index (κ3) is 3.41. The van der Waals surface area contributed by atoms with Crippen LogP contribution < -0.4 is 5.43 Å². The molecule has 1 aliphatic rings. The number of carbonyl (C=O) groups excluding carboxylic acids is 1. The number of nitrogens with zero attached hydrogens (tertiary/aromatic N) is 3. The van der Waals surface area contributed by atoms with Crippen LogP contribution >= 0.6 is 0 Å². The van der Waals surface area contributed by atoms with E-state index in [0.29, 0.717) is 5.56 Å². The Morgan fingerprint density at radius 3 is 2.72 bits per heavy atom. The number of hydrogen-bond donors (Lipinski definition) is 1. The molecule has 0 aromatic heterocycles. The molecule has 2 atom stereocenters. The minimum absolute atomic E-state index is 0.122. The molecule has 1 fully saturated rings. The van der Waals surface area contributed by atoms with Crippen molar-refractivity contribution in [3.05, 3.63) is 75.8 Å². The van der Waals surface area contributed by atoms with Gasteiger partial charge in [-0.15, -0.1) is 0 Å². The molecule has 1 saturated heterocycles. The van der Waals surface area contributed by atoms with Crippen molar-refractivity contribution in [3.63, 3.8) is 0 Å². The smallest absolute Gasteiger partial charge is 0.425 e. The van der Waals surface area contributed by atoms with Gasteiger partial charge in [0.2, 0.25) is 0 Å². The van der Waals surface area contributed by atoms with Gasteiger partial charge in [-0.05, 0) is 11.1 Å². The molecule has 126 valence electrons. The molecule has 1 N–H and O–H groups in total. The maximum absolute atomic E-state index is 12.0. The quantitative estimate of drug-likeness (QED) is 0.663. The molecule has 2 aromatic rings. The van der Waals surface area contributed by atoms with Crippen molar-refractivity contribution < 1.29 is 14.5 Å². The van der Waals surface area contributed by atoms with Gasteiger partial charge in [-0.2, -0.15) is 5.26 Å². The molecule has 8 heteroatoms. The Kier molecular flexibility index (Phi) is 4.59. The van der Waals surface area contributed by atoms with Crippen LogP contribution in [0.4, 0.5) is 10.5 Å². The van der Waals surface area contributed by atoms with E-state index >= 15 is 0 Å². The van der Waals surface area contributed by atoms with Gasteiger partial charge < -0.3 is 4.74 Å². The topological polar surface area (TPSA) is 108 Å². The van der Waals surface area contributed by atoms with E-state index < -0.39 is 17.1 Å². The molecule has 0 aliphatic carbocycles. The van der Waals surface area contributed by atoms with Crippen molar-refractivity contribution in [2.75, 3.05) is 6.61 Å². The maximum atomic E-state index is 12.0. The maximum Gasteiger partial charge on any atom is 0.425 e. The van der Waals surface area contributed by atoms with Gasteiger partial charge in [0, 0.05) is 12.1 Å². The number of hydrazine groups is 1. The van der Waals surface area contributed by atoms with E-state index in [1.807, 2.05) is 36.4 Å². The molecule has 0 saturated carbocycles. The Labute approximate surface area is 143 Å². The molecule has 25 heavy (non-hydrogen) atoms. The van der Waals surface area contributed by atoms with Crippen LogP contribution in [0.1, 0.15) is 23.2 Å². The number of cyclic esters (lactones) is 1. The molecule has 0 bridgehead atoms. The Bertz CT molecular complexity index is 834. The lowest BCUT2D eigenvalue weighted by Gasteiger charge is -2.25. The molecule has 8 nitrogen and oxygen atoms in total. The minimum atomic E-state index is -0.934. The number of nitro groups is 1. The van der Waals surface area contributed by atoms with Gasteiger partial charge in [-0.1, -0.05) is 42.5 Å². The largest absolute Gasteiger partial charge is 0.446 e. The predicted octanol–water partition coefficient (Wildman–Crippen LogP) is 2.86. The first-order valence-electron chi connectivity index (χ1n) is 7.51. The fourth-order valence-corrected chi connectivity index (χ4v) is 2.62. The number of nitriles is 1. The van der Waals surface area contributed by atoms with Crippen molar-refractivity contribution in [1.29, 1.82) is 5.26 Å². The summed E-state index contributed by atoms with van der Waals surface area (Å²) >= 11 is 0. The van der Waals surface area contributed by atoms with Gasteiger partial charge in [-0.25, -0.2) is 15.2 Å². The summed E-state index contributed by atoms with van der Waals surface area (Å²) in [6, 6.07) is 15.7. The van der Waals surface area contributed by atoms with Gasteiger partial charge in [0.15, 0.2) is 0 Å². The lowest BCUT2D eigenvalue weighted by molar-refractivity contribution is -0.384. The summed E-state index contributed by atoms with van der Waals surface area (Å²) in [6.07, 6.45) is -0.598. The summed E-state index contributed by atoms with van der Waals surface area (Å²) in [6.45, 7) is 0.156. The number of benzene rings is 2. The molecule has 3 rings (SSSR count). The fraction of sp³-hybridized carbons (Fsp3) is 0.176. The second-order valence-electron chi connectivity index (χ2n) is 5.42. The lowest BCUT2D eigenvalue weighted by atomic mass is 10.1. The monoisotopic (exact) mass is 338 g/mol. The second kappa shape index (κ2) is 6.98. The number of ether oxygens (including phenoxy) is 1. The molecule has 1 heterocycles. The number of carbonyl (C=O) groups is 1. The van der Waals surface area contributed by atoms with E-state index in [4.69, 9.17) is 4.74 Å². The van der Waals surface area contributed by atoms with Crippen LogP contribution in [0.3, 0.4) is 0 Å². The van der Waals surface area contributed by atoms with Crippen molar-refractivity contribution in [2.45, 2.75) is 12.1 Å². The molecule has 0 radical (unpaired) electrons. The van der Waals surface area contributed by atoms with Crippen molar-refractivity contribution in [3.8, 4) is 6.07 Å². The Hall–Kier alpha value is -3.44. The van der Waals surface area contributed by atoms with E-state index in [0.717, 1.165) is 5.56 Å². The Morgan fingerprint density at radius 2 is 2.04 bits per heavy atom. The predicted molar refractivity (Wildman–Crippen MR) is 87.0 cm³/mol. The van der Waals surface area contributed by atoms with Gasteiger partial charge in [-0.3, -0.25) is 10.1 Å². The normalized spacial score (nSPS) is 17.6. The third-order valence-electron chi connectivity index (χ3n) is 3.87. The minimum Gasteiger partial charge on any atom is -0.446 e. The number of nitrogens with one attached hydrogen (secondary N) is 1. The number of non-ortho nitro benzene ring substituents is 1. The average molecular weight is 338 g/mol. The highest BCUT2D eigenvalue weighted by molar-refractivity contribution is 5.70. The van der Waals surface area contributed by atoms with Crippen LogP contribution in [0.25, 0.3) is 0 Å². The third-order valence-corrected chi connectivity index (χ3v) is 3.87. The fourth-order valence-electron chi connectivity index (χ4n) is 2.62. The standard InChI is InChI=1S/C17H14N4O4/c18-10-15(13-7-4-8-14(9-13)21(23)24)19-20-16(11-25-17(20)22)12-5-2-1-3-6-12/h1-9,15-16,19H,11H2/t15-,16+/m0/s1. The summed E-state index contributed by atoms with van der Waals surface area (Å²) in [4.78, 5) is 22.4. The summed E-state index contributed by atoms with van der Waals surface area (Å²) in [5, 5.41) is 21.6. The van der Waals surface area contributed by atoms with Gasteiger partial charge in [0.1, 0.15) is 18.7 Å². The number of amides is 1. The highest BCUT2D eigenvalue weighted by Crippen LogP contribution is 2.28. The SMILES string of the molecule is N#C[C@H](NN1C(=O)OC[C@@H]1c1ccccc1)c1cccc([N+](=O)[O-])c1. The van der Waals surface area contributed by atoms with Gasteiger partial charge >= 0.3 is 6.09 Å². The Morgan fingerprint density at radius 1 is 1.28 bits per heavy atom. The van der Waals surface area contributed by atoms with Crippen LogP contribution in [0.2, 0.25) is 0 Å². The molecule has 0 spiro atoms. The van der Waals surface area contributed by atoms with E-state index in [9.17, 15) is 20.2 Å². The summed E-state index contributed by atoms with van der Waals surface area (Å²) < 4.78 is 5.08. The summed E-state index contributed by atoms with van der Waals surface area (Å²) in [5.41, 5.74) is 3.95. The molecule has 2 aromatic carbocycles. The highest BCUT2D eigenvalue weighted by atomic mass is 16.6. The molecular formula is C17H14N4O4. The van der Waals surface area contributed by atoms with Crippen LogP contribution in [0, 0.1) is 21.4 Å². The van der Waals surface area contributed by atoms with Crippen molar-refractivity contribution >= 4 is 11.8 Å². The first kappa shape index (κ1) is 16.4. The number of hydrogen-bond acceptors (Lipinski definition) is 6. The summed E-state index contributed by atoms with van der Waals surface area (Å²) in [5.74, 6) is 0. The average Bonchev–Trinajstić information content (AvgIpc) is 3.01. The zero-order valence-electron chi connectivity index (χ0n) is 13.0. The van der Waals surface area contributed by atoms with Gasteiger partial charge in [0.25, 0.3) is 5.69 Å². The first-order chi connectivity index (χ1) is 12.1. The van der Waals surface area contributed by atoms with Crippen LogP contribution in [-0.2, 0) is 4.74 Å². The van der Waals surface area contributed by atoms with Crippen molar-refractivity contribution in [1.82, 2.24) is 10.4 Å². The zero-order valence-corrected chi connectivity index (χ0v) is 13.0. The van der Waals surface area contributed by atoms with E-state index in [1.165, 1.54) is 23.2 Å². The van der Waals surface area contributed by atoms with E-state index in [1.54, 1.807) is 6.07 Å². The summed E-state index contributed by atoms with van der Waals surface area (Å²) in [7, 11) is 0. The first-order valence-corrected chi connectivity index (χ1v) is 7.51.